The van der Waals surface area contributed by atoms with Gasteiger partial charge in [-0.2, -0.15) is 0 Å². The zero-order chi connectivity index (χ0) is 26.3. The molecule has 8 heteroatoms. The van der Waals surface area contributed by atoms with E-state index in [1.807, 2.05) is 30.3 Å². The lowest BCUT2D eigenvalue weighted by Crippen LogP contribution is -2.59. The lowest BCUT2D eigenvalue weighted by molar-refractivity contribution is -0.142. The average molecular weight is 528 g/mol. The topological polar surface area (TPSA) is 98.7 Å². The number of carbonyl (C=O) groups is 3. The van der Waals surface area contributed by atoms with Crippen LogP contribution in [-0.2, 0) is 14.4 Å². The maximum atomic E-state index is 14.3. The van der Waals surface area contributed by atoms with Crippen molar-refractivity contribution < 1.29 is 19.5 Å². The number of aliphatic hydroxyl groups is 1. The average Bonchev–Trinajstić information content (AvgIpc) is 3.47. The van der Waals surface area contributed by atoms with Crippen LogP contribution in [0.3, 0.4) is 0 Å². The molecular weight excluding hydrogens is 486 g/mol. The molecule has 3 saturated heterocycles. The number of rotatable bonds is 8. The third-order valence-corrected chi connectivity index (χ3v) is 11.2. The molecule has 7 nitrogen and oxygen atoms in total. The smallest absolute Gasteiger partial charge is 0.244 e. The maximum Gasteiger partial charge on any atom is 0.244 e. The Hall–Kier alpha value is -2.06. The molecule has 3 amide bonds. The number of likely N-dealkylation sites (tertiary alicyclic amines) is 1. The molecule has 7 atom stereocenters. The molecule has 37 heavy (non-hydrogen) atoms. The van der Waals surface area contributed by atoms with Gasteiger partial charge in [0, 0.05) is 17.0 Å². The standard InChI is InChI=1S/C29H41N3O4S/c1-17(2)14-21(16-33)32-25(27(35)31-20-12-8-5-9-13-20)29-18(3)15-22(37-29)23(24(29)28(32)36)26(34)30-19-10-6-4-7-11-19/h4,6-7,10-11,17-18,20-25,33H,5,8-9,12-16H2,1-3H3,(H,30,34)(H,31,35)/t18?,21-,22-,23+,24+,25?,29?/m1/s1. The Morgan fingerprint density at radius 2 is 1.84 bits per heavy atom. The first-order valence-electron chi connectivity index (χ1n) is 14.0. The van der Waals surface area contributed by atoms with Crippen molar-refractivity contribution in [1.29, 1.82) is 0 Å². The highest BCUT2D eigenvalue weighted by Gasteiger charge is 2.76. The fourth-order valence-corrected chi connectivity index (χ4v) is 9.96. The summed E-state index contributed by atoms with van der Waals surface area (Å²) in [6.45, 7) is 6.08. The van der Waals surface area contributed by atoms with E-state index in [1.165, 1.54) is 6.42 Å². The van der Waals surface area contributed by atoms with Gasteiger partial charge in [-0.3, -0.25) is 14.4 Å². The van der Waals surface area contributed by atoms with Gasteiger partial charge in [-0.1, -0.05) is 58.2 Å². The van der Waals surface area contributed by atoms with Crippen molar-refractivity contribution in [2.75, 3.05) is 11.9 Å². The van der Waals surface area contributed by atoms with Gasteiger partial charge in [-0.15, -0.1) is 11.8 Å². The summed E-state index contributed by atoms with van der Waals surface area (Å²) in [5.74, 6) is -1.09. The first kappa shape index (κ1) is 26.5. The summed E-state index contributed by atoms with van der Waals surface area (Å²) < 4.78 is -0.663. The highest BCUT2D eigenvalue weighted by Crippen LogP contribution is 2.69. The van der Waals surface area contributed by atoms with Crippen molar-refractivity contribution in [3.8, 4) is 0 Å². The van der Waals surface area contributed by atoms with E-state index in [9.17, 15) is 19.5 Å². The number of para-hydroxylation sites is 1. The van der Waals surface area contributed by atoms with E-state index < -0.39 is 28.7 Å². The number of thioether (sulfide) groups is 1. The molecule has 4 aliphatic rings. The van der Waals surface area contributed by atoms with Gasteiger partial charge >= 0.3 is 0 Å². The van der Waals surface area contributed by atoms with E-state index in [-0.39, 0.29) is 47.5 Å². The number of hydrogen-bond donors (Lipinski definition) is 3. The Labute approximate surface area is 224 Å². The lowest BCUT2D eigenvalue weighted by atomic mass is 9.65. The van der Waals surface area contributed by atoms with E-state index >= 15 is 0 Å². The summed E-state index contributed by atoms with van der Waals surface area (Å²) in [5.41, 5.74) is 0.712. The van der Waals surface area contributed by atoms with Crippen LogP contribution in [0.2, 0.25) is 0 Å². The molecule has 1 saturated carbocycles. The van der Waals surface area contributed by atoms with Gasteiger partial charge in [0.25, 0.3) is 0 Å². The van der Waals surface area contributed by atoms with E-state index in [2.05, 4.69) is 31.4 Å². The zero-order valence-electron chi connectivity index (χ0n) is 22.2. The molecule has 4 fully saturated rings. The van der Waals surface area contributed by atoms with Crippen LogP contribution in [0.15, 0.2) is 30.3 Å². The Balaban J connectivity index is 1.51. The molecule has 3 N–H and O–H groups in total. The zero-order valence-corrected chi connectivity index (χ0v) is 23.0. The number of nitrogens with one attached hydrogen (secondary N) is 2. The van der Waals surface area contributed by atoms with Gasteiger partial charge in [-0.05, 0) is 49.7 Å². The highest BCUT2D eigenvalue weighted by atomic mass is 32.2. The first-order valence-corrected chi connectivity index (χ1v) is 14.9. The van der Waals surface area contributed by atoms with Gasteiger partial charge in [-0.25, -0.2) is 0 Å². The molecule has 0 radical (unpaired) electrons. The van der Waals surface area contributed by atoms with Crippen LogP contribution in [0, 0.1) is 23.7 Å². The molecule has 1 aromatic carbocycles. The molecule has 1 spiro atoms. The van der Waals surface area contributed by atoms with Gasteiger partial charge in [0.1, 0.15) is 6.04 Å². The summed E-state index contributed by atoms with van der Waals surface area (Å²) in [6, 6.07) is 8.36. The van der Waals surface area contributed by atoms with E-state index in [4.69, 9.17) is 0 Å². The fourth-order valence-electron chi connectivity index (χ4n) is 7.55. The SMILES string of the molecule is CC(C)C[C@H](CO)N1C(=O)[C@@H]2[C@@H](C(=O)Nc3ccccc3)[C@H]3CC(C)C2(S3)C1C(=O)NC1CCCCC1. The Morgan fingerprint density at radius 1 is 1.14 bits per heavy atom. The minimum atomic E-state index is -0.678. The maximum absolute atomic E-state index is 14.3. The molecule has 1 aromatic rings. The number of nitrogens with zero attached hydrogens (tertiary/aromatic N) is 1. The fraction of sp³-hybridized carbons (Fsp3) is 0.690. The number of hydrogen-bond acceptors (Lipinski definition) is 5. The van der Waals surface area contributed by atoms with Crippen molar-refractivity contribution >= 4 is 35.2 Å². The molecular formula is C29H41N3O4S. The number of aliphatic hydroxyl groups excluding tert-OH is 1. The number of carbonyl (C=O) groups excluding carboxylic acids is 3. The van der Waals surface area contributed by atoms with Crippen molar-refractivity contribution in [2.45, 2.75) is 93.8 Å². The lowest BCUT2D eigenvalue weighted by Gasteiger charge is -2.41. The number of anilines is 1. The van der Waals surface area contributed by atoms with Crippen molar-refractivity contribution in [1.82, 2.24) is 10.2 Å². The second-order valence-electron chi connectivity index (χ2n) is 12.0. The van der Waals surface area contributed by atoms with Crippen LogP contribution >= 0.6 is 11.8 Å². The minimum absolute atomic E-state index is 0.00234. The predicted molar refractivity (Wildman–Crippen MR) is 146 cm³/mol. The van der Waals surface area contributed by atoms with E-state index in [0.717, 1.165) is 32.1 Å². The van der Waals surface area contributed by atoms with E-state index in [1.54, 1.807) is 16.7 Å². The molecule has 0 aromatic heterocycles. The van der Waals surface area contributed by atoms with Crippen molar-refractivity contribution in [3.05, 3.63) is 30.3 Å². The van der Waals surface area contributed by atoms with E-state index in [0.29, 0.717) is 12.1 Å². The normalized spacial score (nSPS) is 34.0. The van der Waals surface area contributed by atoms with Gasteiger partial charge in [0.2, 0.25) is 17.7 Å². The van der Waals surface area contributed by atoms with Crippen molar-refractivity contribution in [3.63, 3.8) is 0 Å². The first-order chi connectivity index (χ1) is 17.8. The summed E-state index contributed by atoms with van der Waals surface area (Å²) in [7, 11) is 0. The molecule has 2 bridgehead atoms. The summed E-state index contributed by atoms with van der Waals surface area (Å²) >= 11 is 1.69. The minimum Gasteiger partial charge on any atom is -0.394 e. The summed E-state index contributed by atoms with van der Waals surface area (Å²) in [5, 5.41) is 16.8. The van der Waals surface area contributed by atoms with Crippen molar-refractivity contribution in [2.24, 2.45) is 23.7 Å². The van der Waals surface area contributed by atoms with Gasteiger partial charge < -0.3 is 20.6 Å². The molecule has 1 aliphatic carbocycles. The molecule has 202 valence electrons. The molecule has 5 rings (SSSR count). The van der Waals surface area contributed by atoms with Gasteiger partial charge in [0.15, 0.2) is 0 Å². The molecule has 3 aliphatic heterocycles. The molecule has 3 heterocycles. The van der Waals surface area contributed by atoms with Gasteiger partial charge in [0.05, 0.1) is 29.2 Å². The summed E-state index contributed by atoms with van der Waals surface area (Å²) in [6.07, 6.45) is 6.75. The Kier molecular flexibility index (Phi) is 7.60. The Bertz CT molecular complexity index is 1010. The van der Waals surface area contributed by atoms with Crippen LogP contribution in [-0.4, -0.2) is 62.5 Å². The number of amides is 3. The van der Waals surface area contributed by atoms with Crippen LogP contribution in [0.25, 0.3) is 0 Å². The van der Waals surface area contributed by atoms with Crippen LogP contribution in [0.4, 0.5) is 5.69 Å². The van der Waals surface area contributed by atoms with Crippen LogP contribution in [0.1, 0.15) is 65.7 Å². The van der Waals surface area contributed by atoms with Crippen LogP contribution in [0.5, 0.6) is 0 Å². The largest absolute Gasteiger partial charge is 0.394 e. The Morgan fingerprint density at radius 3 is 2.49 bits per heavy atom. The van der Waals surface area contributed by atoms with Crippen LogP contribution < -0.4 is 10.6 Å². The molecule has 3 unspecified atom stereocenters. The predicted octanol–water partition coefficient (Wildman–Crippen LogP) is 3.82. The quantitative estimate of drug-likeness (QED) is 0.478. The third kappa shape index (κ3) is 4.58. The summed E-state index contributed by atoms with van der Waals surface area (Å²) in [4.78, 5) is 43.8. The third-order valence-electron chi connectivity index (χ3n) is 9.07. The second-order valence-corrected chi connectivity index (χ2v) is 13.5. The number of benzene rings is 1. The second kappa shape index (κ2) is 10.6. The number of fused-ring (bicyclic) bond motifs is 1. The highest BCUT2D eigenvalue weighted by molar-refractivity contribution is 8.02. The monoisotopic (exact) mass is 527 g/mol.